The van der Waals surface area contributed by atoms with Crippen LogP contribution in [0.4, 0.5) is 0 Å². The molecule has 0 saturated carbocycles. The van der Waals surface area contributed by atoms with Gasteiger partial charge in [0.25, 0.3) is 0 Å². The van der Waals surface area contributed by atoms with Crippen LogP contribution in [0.15, 0.2) is 0 Å². The first-order chi connectivity index (χ1) is 7.91. The standard InChI is InChI=1S/C12H25.H2O4S.Zn/c1-3-5-7-9-11-12-10-8-6-4-2;1-5(2,3)4;/h1,3-12H2,2H3;(H2,1,2,3,4);/q-1;;. The first kappa shape index (κ1) is 23.6. The second-order valence-corrected chi connectivity index (χ2v) is 5.03. The molecule has 18 heavy (non-hydrogen) atoms. The van der Waals surface area contributed by atoms with Gasteiger partial charge in [-0.05, 0) is 0 Å². The van der Waals surface area contributed by atoms with E-state index in [2.05, 4.69) is 13.8 Å². The molecule has 0 aromatic heterocycles. The van der Waals surface area contributed by atoms with Crippen molar-refractivity contribution in [2.75, 3.05) is 0 Å². The van der Waals surface area contributed by atoms with Crippen molar-refractivity contribution in [3.05, 3.63) is 6.92 Å². The Labute approximate surface area is 125 Å². The topological polar surface area (TPSA) is 74.6 Å². The SMILES string of the molecule is O=S(=O)(O)O.[CH2-]CCCCCCCCCCC.[Zn]. The van der Waals surface area contributed by atoms with Gasteiger partial charge in [0.2, 0.25) is 0 Å². The summed E-state index contributed by atoms with van der Waals surface area (Å²) in [7, 11) is -4.67. The Bertz CT molecular complexity index is 212. The molecule has 0 amide bonds. The number of unbranched alkanes of at least 4 members (excludes halogenated alkanes) is 9. The number of rotatable bonds is 9. The second-order valence-electron chi connectivity index (χ2n) is 4.13. The van der Waals surface area contributed by atoms with Crippen LogP contribution >= 0.6 is 0 Å². The van der Waals surface area contributed by atoms with E-state index in [1.54, 1.807) is 0 Å². The molecule has 0 radical (unpaired) electrons. The minimum atomic E-state index is -4.67. The molecule has 0 aromatic rings. The zero-order valence-electron chi connectivity index (χ0n) is 11.6. The van der Waals surface area contributed by atoms with Gasteiger partial charge in [-0.3, -0.25) is 9.11 Å². The van der Waals surface area contributed by atoms with E-state index in [-0.39, 0.29) is 19.5 Å². The summed E-state index contributed by atoms with van der Waals surface area (Å²) in [6.07, 6.45) is 13.9. The fourth-order valence-corrected chi connectivity index (χ4v) is 1.49. The Balaban J connectivity index is -0.000000321. The van der Waals surface area contributed by atoms with Gasteiger partial charge >= 0.3 is 10.4 Å². The molecule has 0 bridgehead atoms. The molecule has 2 N–H and O–H groups in total. The van der Waals surface area contributed by atoms with Gasteiger partial charge in [0.05, 0.1) is 0 Å². The second kappa shape index (κ2) is 17.5. The molecule has 0 aliphatic rings. The summed E-state index contributed by atoms with van der Waals surface area (Å²) in [6.45, 7) is 6.12. The molecule has 0 saturated heterocycles. The smallest absolute Gasteiger partial charge is 0.343 e. The molecule has 4 nitrogen and oxygen atoms in total. The summed E-state index contributed by atoms with van der Waals surface area (Å²) < 4.78 is 31.6. The monoisotopic (exact) mass is 331 g/mol. The van der Waals surface area contributed by atoms with Gasteiger partial charge in [-0.1, -0.05) is 64.7 Å². The zero-order valence-corrected chi connectivity index (χ0v) is 15.4. The van der Waals surface area contributed by atoms with Crippen LogP contribution in [-0.4, -0.2) is 17.5 Å². The fraction of sp³-hybridized carbons (Fsp3) is 0.917. The minimum absolute atomic E-state index is 0. The number of hydrogen-bond acceptors (Lipinski definition) is 2. The summed E-state index contributed by atoms with van der Waals surface area (Å²) in [4.78, 5) is 0. The van der Waals surface area contributed by atoms with E-state index < -0.39 is 10.4 Å². The number of hydrogen-bond donors (Lipinski definition) is 2. The molecule has 0 spiro atoms. The van der Waals surface area contributed by atoms with Gasteiger partial charge < -0.3 is 6.92 Å². The Kier molecular flexibility index (Phi) is 22.9. The van der Waals surface area contributed by atoms with Crippen LogP contribution in [0.2, 0.25) is 0 Å². The van der Waals surface area contributed by atoms with E-state index in [0.717, 1.165) is 6.42 Å². The van der Waals surface area contributed by atoms with Gasteiger partial charge in [-0.2, -0.15) is 14.8 Å². The molecule has 0 aromatic carbocycles. The van der Waals surface area contributed by atoms with E-state index in [1.165, 1.54) is 57.8 Å². The van der Waals surface area contributed by atoms with Crippen LogP contribution in [-0.2, 0) is 29.9 Å². The third kappa shape index (κ3) is 43.9. The molecule has 0 unspecified atom stereocenters. The Morgan fingerprint density at radius 1 is 0.833 bits per heavy atom. The van der Waals surface area contributed by atoms with E-state index in [9.17, 15) is 0 Å². The average molecular weight is 333 g/mol. The summed E-state index contributed by atoms with van der Waals surface area (Å²) in [5, 5.41) is 0. The zero-order chi connectivity index (χ0) is 13.6. The molecule has 108 valence electrons. The summed E-state index contributed by atoms with van der Waals surface area (Å²) in [5.74, 6) is 0. The van der Waals surface area contributed by atoms with Crippen molar-refractivity contribution in [3.8, 4) is 0 Å². The van der Waals surface area contributed by atoms with Crippen LogP contribution < -0.4 is 0 Å². The molecule has 0 aliphatic heterocycles. The van der Waals surface area contributed by atoms with Crippen molar-refractivity contribution in [2.45, 2.75) is 71.1 Å². The van der Waals surface area contributed by atoms with Crippen LogP contribution in [0.5, 0.6) is 0 Å². The third-order valence-corrected chi connectivity index (χ3v) is 2.35. The molecule has 0 rings (SSSR count). The van der Waals surface area contributed by atoms with Crippen molar-refractivity contribution < 1.29 is 37.0 Å². The van der Waals surface area contributed by atoms with Gasteiger partial charge in [-0.15, -0.1) is 0 Å². The molecule has 0 fully saturated rings. The van der Waals surface area contributed by atoms with E-state index in [4.69, 9.17) is 17.5 Å². The Morgan fingerprint density at radius 2 is 1.11 bits per heavy atom. The minimum Gasteiger partial charge on any atom is -0.343 e. The predicted octanol–water partition coefficient (Wildman–Crippen LogP) is 4.09. The largest absolute Gasteiger partial charge is 0.394 e. The summed E-state index contributed by atoms with van der Waals surface area (Å²) in [5.41, 5.74) is 0. The van der Waals surface area contributed by atoms with E-state index >= 15 is 0 Å². The van der Waals surface area contributed by atoms with Gasteiger partial charge in [0.15, 0.2) is 0 Å². The first-order valence-electron chi connectivity index (χ1n) is 6.41. The maximum atomic E-state index is 8.74. The average Bonchev–Trinajstić information content (AvgIpc) is 2.20. The van der Waals surface area contributed by atoms with Crippen LogP contribution in [0.1, 0.15) is 71.1 Å². The van der Waals surface area contributed by atoms with Crippen LogP contribution in [0.25, 0.3) is 0 Å². The van der Waals surface area contributed by atoms with E-state index in [1.807, 2.05) is 0 Å². The van der Waals surface area contributed by atoms with Gasteiger partial charge in [-0.25, -0.2) is 0 Å². The molecular weight excluding hydrogens is 306 g/mol. The van der Waals surface area contributed by atoms with Crippen molar-refractivity contribution in [1.82, 2.24) is 0 Å². The summed E-state index contributed by atoms with van der Waals surface area (Å²) >= 11 is 0. The maximum Gasteiger partial charge on any atom is 0.394 e. The Hall–Kier alpha value is 0.493. The predicted molar refractivity (Wildman–Crippen MR) is 71.4 cm³/mol. The maximum absolute atomic E-state index is 8.74. The van der Waals surface area contributed by atoms with Gasteiger partial charge in [0, 0.05) is 19.5 Å². The first-order valence-corrected chi connectivity index (χ1v) is 7.80. The quantitative estimate of drug-likeness (QED) is 0.289. The van der Waals surface area contributed by atoms with E-state index in [0.29, 0.717) is 0 Å². The molecule has 0 heterocycles. The van der Waals surface area contributed by atoms with Crippen molar-refractivity contribution in [3.63, 3.8) is 0 Å². The third-order valence-electron chi connectivity index (χ3n) is 2.35. The van der Waals surface area contributed by atoms with Gasteiger partial charge in [0.1, 0.15) is 0 Å². The molecular formula is C12H27O4SZn-. The summed E-state index contributed by atoms with van der Waals surface area (Å²) in [6, 6.07) is 0. The van der Waals surface area contributed by atoms with Crippen molar-refractivity contribution in [2.24, 2.45) is 0 Å². The van der Waals surface area contributed by atoms with Crippen LogP contribution in [0.3, 0.4) is 0 Å². The normalized spacial score (nSPS) is 10.2. The van der Waals surface area contributed by atoms with Crippen LogP contribution in [0, 0.1) is 6.92 Å². The molecule has 6 heteroatoms. The van der Waals surface area contributed by atoms with Crippen molar-refractivity contribution >= 4 is 10.4 Å². The Morgan fingerprint density at radius 3 is 1.39 bits per heavy atom. The van der Waals surface area contributed by atoms with Crippen molar-refractivity contribution in [1.29, 1.82) is 0 Å². The molecule has 0 aliphatic carbocycles. The fourth-order valence-electron chi connectivity index (χ4n) is 1.49. The molecule has 0 atom stereocenters.